The fraction of sp³-hybridized carbons (Fsp3) is 0.222. The van der Waals surface area contributed by atoms with Gasteiger partial charge >= 0.3 is 11.9 Å². The molecule has 2 aromatic rings. The van der Waals surface area contributed by atoms with Crippen molar-refractivity contribution in [3.05, 3.63) is 45.0 Å². The Morgan fingerprint density at radius 3 is 2.71 bits per heavy atom. The maximum absolute atomic E-state index is 12.3. The Hall–Kier alpha value is -1.70. The molecule has 0 bridgehead atoms. The first kappa shape index (κ1) is 11.8. The summed E-state index contributed by atoms with van der Waals surface area (Å²) >= 11 is 0.603. The second-order valence-electron chi connectivity index (χ2n) is 3.18. The van der Waals surface area contributed by atoms with E-state index in [9.17, 15) is 18.0 Å². The molecule has 0 aliphatic carbocycles. The third-order valence-electron chi connectivity index (χ3n) is 1.95. The summed E-state index contributed by atoms with van der Waals surface area (Å²) in [7, 11) is 0. The maximum Gasteiger partial charge on any atom is 0.425 e. The van der Waals surface area contributed by atoms with Gasteiger partial charge in [-0.3, -0.25) is 4.57 Å². The first-order valence-corrected chi connectivity index (χ1v) is 5.31. The van der Waals surface area contributed by atoms with Crippen molar-refractivity contribution in [2.24, 2.45) is 0 Å². The van der Waals surface area contributed by atoms with E-state index in [0.29, 0.717) is 16.2 Å². The highest BCUT2D eigenvalue weighted by Gasteiger charge is 2.32. The van der Waals surface area contributed by atoms with Gasteiger partial charge in [0.1, 0.15) is 17.5 Å². The molecule has 0 N–H and O–H groups in total. The van der Waals surface area contributed by atoms with Crippen molar-refractivity contribution in [2.75, 3.05) is 0 Å². The summed E-state index contributed by atoms with van der Waals surface area (Å²) in [6, 6.07) is 2.34. The topological polar surface area (TPSA) is 47.8 Å². The van der Waals surface area contributed by atoms with E-state index >= 15 is 0 Å². The molecule has 4 nitrogen and oxygen atoms in total. The lowest BCUT2D eigenvalue weighted by molar-refractivity contribution is -0.134. The maximum atomic E-state index is 12.3. The lowest BCUT2D eigenvalue weighted by Crippen LogP contribution is -2.22. The standard InChI is InChI=1S/C9H6F3N3OS/c10-9(11,12)7-2-1-6(17-7)3-15-5-13-4-14-8(15)16/h1-2,4-5H,3H2. The number of nitrogens with zero attached hydrogens (tertiary/aromatic N) is 3. The van der Waals surface area contributed by atoms with E-state index in [1.165, 1.54) is 12.4 Å². The SMILES string of the molecule is O=c1ncncn1Cc1ccc(C(F)(F)F)s1. The van der Waals surface area contributed by atoms with Crippen LogP contribution in [0.3, 0.4) is 0 Å². The second kappa shape index (κ2) is 4.28. The monoisotopic (exact) mass is 261 g/mol. The van der Waals surface area contributed by atoms with Gasteiger partial charge in [-0.15, -0.1) is 11.3 Å². The van der Waals surface area contributed by atoms with Crippen LogP contribution in [0.1, 0.15) is 9.75 Å². The molecule has 0 amide bonds. The van der Waals surface area contributed by atoms with E-state index in [1.54, 1.807) is 0 Å². The van der Waals surface area contributed by atoms with Crippen molar-refractivity contribution in [2.45, 2.75) is 12.7 Å². The third-order valence-corrected chi connectivity index (χ3v) is 3.07. The average Bonchev–Trinajstić information content (AvgIpc) is 2.69. The summed E-state index contributed by atoms with van der Waals surface area (Å²) in [5.74, 6) is 0. The van der Waals surface area contributed by atoms with E-state index in [4.69, 9.17) is 0 Å². The highest BCUT2D eigenvalue weighted by Crippen LogP contribution is 2.34. The van der Waals surface area contributed by atoms with Crippen LogP contribution in [0.4, 0.5) is 13.2 Å². The number of hydrogen-bond donors (Lipinski definition) is 0. The van der Waals surface area contributed by atoms with Gasteiger partial charge in [0, 0.05) is 4.88 Å². The summed E-state index contributed by atoms with van der Waals surface area (Å²) in [6.45, 7) is 0.0421. The van der Waals surface area contributed by atoms with Gasteiger partial charge in [-0.25, -0.2) is 9.78 Å². The molecule has 0 aromatic carbocycles. The lowest BCUT2D eigenvalue weighted by atomic mass is 10.4. The van der Waals surface area contributed by atoms with Crippen LogP contribution in [0.5, 0.6) is 0 Å². The van der Waals surface area contributed by atoms with Gasteiger partial charge in [0.05, 0.1) is 6.54 Å². The number of halogens is 3. The van der Waals surface area contributed by atoms with Crippen molar-refractivity contribution in [3.63, 3.8) is 0 Å². The summed E-state index contributed by atoms with van der Waals surface area (Å²) in [4.78, 5) is 18.0. The molecule has 0 atom stereocenters. The van der Waals surface area contributed by atoms with E-state index in [0.717, 1.165) is 17.0 Å². The van der Waals surface area contributed by atoms with Gasteiger partial charge in [-0.05, 0) is 12.1 Å². The summed E-state index contributed by atoms with van der Waals surface area (Å²) in [6.07, 6.45) is -2.02. The largest absolute Gasteiger partial charge is 0.425 e. The first-order valence-electron chi connectivity index (χ1n) is 4.49. The fourth-order valence-electron chi connectivity index (χ4n) is 1.21. The van der Waals surface area contributed by atoms with Crippen LogP contribution in [-0.2, 0) is 12.7 Å². The van der Waals surface area contributed by atoms with Crippen LogP contribution < -0.4 is 5.69 Å². The molecule has 0 fully saturated rings. The number of alkyl halides is 3. The van der Waals surface area contributed by atoms with Crippen molar-refractivity contribution in [1.82, 2.24) is 14.5 Å². The van der Waals surface area contributed by atoms with Gasteiger partial charge in [0.25, 0.3) is 0 Å². The molecule has 0 spiro atoms. The van der Waals surface area contributed by atoms with Crippen molar-refractivity contribution < 1.29 is 13.2 Å². The van der Waals surface area contributed by atoms with Gasteiger partial charge in [0.15, 0.2) is 0 Å². The molecule has 2 rings (SSSR count). The van der Waals surface area contributed by atoms with Gasteiger partial charge < -0.3 is 0 Å². The van der Waals surface area contributed by atoms with Crippen LogP contribution in [0.25, 0.3) is 0 Å². The van der Waals surface area contributed by atoms with Crippen LogP contribution in [0.15, 0.2) is 29.6 Å². The summed E-state index contributed by atoms with van der Waals surface area (Å²) < 4.78 is 38.2. The molecular formula is C9H6F3N3OS. The summed E-state index contributed by atoms with van der Waals surface area (Å²) in [5.41, 5.74) is -0.540. The van der Waals surface area contributed by atoms with E-state index < -0.39 is 16.7 Å². The van der Waals surface area contributed by atoms with Crippen molar-refractivity contribution in [3.8, 4) is 0 Å². The Balaban J connectivity index is 2.24. The number of rotatable bonds is 2. The molecule has 0 unspecified atom stereocenters. The van der Waals surface area contributed by atoms with Crippen molar-refractivity contribution >= 4 is 11.3 Å². The molecule has 2 heterocycles. The zero-order valence-corrected chi connectivity index (χ0v) is 9.13. The predicted molar refractivity (Wildman–Crippen MR) is 54.7 cm³/mol. The van der Waals surface area contributed by atoms with Crippen LogP contribution >= 0.6 is 11.3 Å². The van der Waals surface area contributed by atoms with E-state index in [-0.39, 0.29) is 6.54 Å². The van der Waals surface area contributed by atoms with E-state index in [2.05, 4.69) is 9.97 Å². The smallest absolute Gasteiger partial charge is 0.277 e. The molecule has 17 heavy (non-hydrogen) atoms. The average molecular weight is 261 g/mol. The normalized spacial score (nSPS) is 11.7. The fourth-order valence-corrected chi connectivity index (χ4v) is 2.08. The molecule has 2 aromatic heterocycles. The molecule has 0 radical (unpaired) electrons. The molecule has 0 saturated carbocycles. The second-order valence-corrected chi connectivity index (χ2v) is 4.35. The number of aromatic nitrogens is 3. The minimum absolute atomic E-state index is 0.0421. The minimum Gasteiger partial charge on any atom is -0.277 e. The van der Waals surface area contributed by atoms with Gasteiger partial charge in [0.2, 0.25) is 0 Å². The Labute approximate surface area is 97.4 Å². The predicted octanol–water partition coefficient (Wildman–Crippen LogP) is 1.77. The van der Waals surface area contributed by atoms with Crippen LogP contribution in [-0.4, -0.2) is 14.5 Å². The van der Waals surface area contributed by atoms with Crippen molar-refractivity contribution in [1.29, 1.82) is 0 Å². The number of hydrogen-bond acceptors (Lipinski definition) is 4. The lowest BCUT2D eigenvalue weighted by Gasteiger charge is -2.02. The Morgan fingerprint density at radius 2 is 2.12 bits per heavy atom. The molecule has 0 aliphatic rings. The number of thiophene rings is 1. The third kappa shape index (κ3) is 2.70. The zero-order chi connectivity index (χ0) is 12.5. The van der Waals surface area contributed by atoms with Crippen LogP contribution in [0.2, 0.25) is 0 Å². The van der Waals surface area contributed by atoms with Crippen LogP contribution in [0, 0.1) is 0 Å². The Bertz CT molecular complexity index is 575. The molecular weight excluding hydrogens is 255 g/mol. The highest BCUT2D eigenvalue weighted by molar-refractivity contribution is 7.12. The molecule has 8 heteroatoms. The minimum atomic E-state index is -4.35. The van der Waals surface area contributed by atoms with Gasteiger partial charge in [-0.1, -0.05) is 0 Å². The quantitative estimate of drug-likeness (QED) is 0.827. The first-order chi connectivity index (χ1) is 7.97. The van der Waals surface area contributed by atoms with Gasteiger partial charge in [-0.2, -0.15) is 18.2 Å². The molecule has 0 aliphatic heterocycles. The molecule has 90 valence electrons. The Kier molecular flexibility index (Phi) is 2.97. The zero-order valence-electron chi connectivity index (χ0n) is 8.31. The van der Waals surface area contributed by atoms with E-state index in [1.807, 2.05) is 0 Å². The highest BCUT2D eigenvalue weighted by atomic mass is 32.1. The Morgan fingerprint density at radius 1 is 1.35 bits per heavy atom. The summed E-state index contributed by atoms with van der Waals surface area (Å²) in [5, 5.41) is 0. The molecule has 0 saturated heterocycles.